The summed E-state index contributed by atoms with van der Waals surface area (Å²) in [6.45, 7) is 6.41. The van der Waals surface area contributed by atoms with Crippen molar-refractivity contribution >= 4 is 17.4 Å². The predicted molar refractivity (Wildman–Crippen MR) is 159 cm³/mol. The third-order valence-electron chi connectivity index (χ3n) is 7.41. The molecule has 0 aliphatic carbocycles. The number of methoxy groups -OCH3 is 1. The zero-order valence-electron chi connectivity index (χ0n) is 24.5. The van der Waals surface area contributed by atoms with Crippen molar-refractivity contribution in [1.29, 1.82) is 0 Å². The van der Waals surface area contributed by atoms with Crippen LogP contribution in [0.1, 0.15) is 66.8 Å². The highest BCUT2D eigenvalue weighted by Gasteiger charge is 2.27. The summed E-state index contributed by atoms with van der Waals surface area (Å²) in [6.07, 6.45) is 1.83. The number of carbonyl (C=O) groups is 2. The normalized spacial score (nSPS) is 15.1. The maximum Gasteiger partial charge on any atom is 0.308 e. The molecule has 1 saturated heterocycles. The zero-order chi connectivity index (χ0) is 29.9. The van der Waals surface area contributed by atoms with Gasteiger partial charge < -0.3 is 29.0 Å². The molecule has 1 aliphatic rings. The lowest BCUT2D eigenvalue weighted by molar-refractivity contribution is -0.146. The molecule has 0 spiro atoms. The van der Waals surface area contributed by atoms with E-state index in [4.69, 9.17) is 18.9 Å². The number of hydrogen-bond acceptors (Lipinski definition) is 9. The van der Waals surface area contributed by atoms with E-state index in [1.54, 1.807) is 56.6 Å². The molecule has 2 heterocycles. The van der Waals surface area contributed by atoms with Crippen molar-refractivity contribution in [3.05, 3.63) is 83.6 Å². The molecule has 9 heteroatoms. The maximum atomic E-state index is 13.4. The summed E-state index contributed by atoms with van der Waals surface area (Å²) in [4.78, 5) is 31.9. The third kappa shape index (κ3) is 8.08. The lowest BCUT2D eigenvalue weighted by Crippen LogP contribution is -2.36. The fourth-order valence-electron chi connectivity index (χ4n) is 5.14. The van der Waals surface area contributed by atoms with Crippen LogP contribution in [0.4, 0.5) is 5.69 Å². The molecular formula is C33H40N2O7. The number of aromatic nitrogens is 1. The topological polar surface area (TPSA) is 107 Å². The SMILES string of the molecule is CCOC(=O)CC(OCC)c1ccnc(OCC2CCN(c3cc(OC)ccc3C(=O)C(O)c3ccccc3)CC2)c1. The van der Waals surface area contributed by atoms with Crippen LogP contribution in [0, 0.1) is 5.92 Å². The molecule has 0 bridgehead atoms. The fourth-order valence-corrected chi connectivity index (χ4v) is 5.14. The van der Waals surface area contributed by atoms with Crippen LogP contribution in [0.3, 0.4) is 0 Å². The average molecular weight is 577 g/mol. The summed E-state index contributed by atoms with van der Waals surface area (Å²) < 4.78 is 22.4. The molecule has 3 aromatic rings. The van der Waals surface area contributed by atoms with Gasteiger partial charge in [-0.25, -0.2) is 4.98 Å². The van der Waals surface area contributed by atoms with Gasteiger partial charge in [0, 0.05) is 43.6 Å². The Kier molecular flexibility index (Phi) is 11.3. The lowest BCUT2D eigenvalue weighted by atomic mass is 9.94. The number of carbonyl (C=O) groups excluding carboxylic acids is 2. The van der Waals surface area contributed by atoms with Crippen LogP contribution in [0.15, 0.2) is 66.9 Å². The van der Waals surface area contributed by atoms with E-state index < -0.39 is 12.2 Å². The molecule has 2 atom stereocenters. The second-order valence-corrected chi connectivity index (χ2v) is 10.2. The minimum atomic E-state index is -1.24. The minimum absolute atomic E-state index is 0.126. The van der Waals surface area contributed by atoms with E-state index in [0.717, 1.165) is 37.2 Å². The monoisotopic (exact) mass is 576 g/mol. The van der Waals surface area contributed by atoms with Gasteiger partial charge in [0.25, 0.3) is 0 Å². The minimum Gasteiger partial charge on any atom is -0.497 e. The van der Waals surface area contributed by atoms with Crippen LogP contribution < -0.4 is 14.4 Å². The Morgan fingerprint density at radius 1 is 1.00 bits per heavy atom. The average Bonchev–Trinajstić information content (AvgIpc) is 3.03. The van der Waals surface area contributed by atoms with Crippen LogP contribution >= 0.6 is 0 Å². The smallest absolute Gasteiger partial charge is 0.308 e. The Labute approximate surface area is 247 Å². The highest BCUT2D eigenvalue weighted by Crippen LogP contribution is 2.33. The summed E-state index contributed by atoms with van der Waals surface area (Å²) in [6, 6.07) is 17.9. The van der Waals surface area contributed by atoms with Crippen molar-refractivity contribution in [2.24, 2.45) is 5.92 Å². The van der Waals surface area contributed by atoms with Crippen molar-refractivity contribution in [3.63, 3.8) is 0 Å². The Morgan fingerprint density at radius 2 is 1.76 bits per heavy atom. The number of esters is 1. The number of nitrogens with zero attached hydrogens (tertiary/aromatic N) is 2. The molecule has 1 aromatic heterocycles. The lowest BCUT2D eigenvalue weighted by Gasteiger charge is -2.34. The van der Waals surface area contributed by atoms with Gasteiger partial charge in [-0.3, -0.25) is 9.59 Å². The molecular weight excluding hydrogens is 536 g/mol. The highest BCUT2D eigenvalue weighted by atomic mass is 16.5. The van der Waals surface area contributed by atoms with E-state index in [2.05, 4.69) is 9.88 Å². The third-order valence-corrected chi connectivity index (χ3v) is 7.41. The predicted octanol–water partition coefficient (Wildman–Crippen LogP) is 5.33. The number of anilines is 1. The number of pyridine rings is 1. The molecule has 2 aromatic carbocycles. The first kappa shape index (κ1) is 31.0. The summed E-state index contributed by atoms with van der Waals surface area (Å²) in [5, 5.41) is 10.8. The van der Waals surface area contributed by atoms with Gasteiger partial charge in [-0.1, -0.05) is 30.3 Å². The van der Waals surface area contributed by atoms with Crippen LogP contribution in [0.5, 0.6) is 11.6 Å². The second-order valence-electron chi connectivity index (χ2n) is 10.2. The number of ketones is 1. The van der Waals surface area contributed by atoms with E-state index in [1.807, 2.05) is 31.2 Å². The molecule has 224 valence electrons. The summed E-state index contributed by atoms with van der Waals surface area (Å²) in [5.74, 6) is 0.786. The van der Waals surface area contributed by atoms with E-state index >= 15 is 0 Å². The number of Topliss-reactive ketones (excluding diaryl/α,β-unsaturated/α-hetero) is 1. The number of aliphatic hydroxyl groups excluding tert-OH is 1. The molecule has 1 fully saturated rings. The van der Waals surface area contributed by atoms with Crippen LogP contribution in [-0.4, -0.2) is 61.9 Å². The van der Waals surface area contributed by atoms with Crippen molar-refractivity contribution in [1.82, 2.24) is 4.98 Å². The summed E-state index contributed by atoms with van der Waals surface area (Å²) >= 11 is 0. The Morgan fingerprint density at radius 3 is 2.45 bits per heavy atom. The van der Waals surface area contributed by atoms with Crippen molar-refractivity contribution < 1.29 is 33.6 Å². The molecule has 1 N–H and O–H groups in total. The number of hydrogen-bond donors (Lipinski definition) is 1. The molecule has 2 unspecified atom stereocenters. The molecule has 0 amide bonds. The number of ether oxygens (including phenoxy) is 4. The number of rotatable bonds is 14. The first-order valence-corrected chi connectivity index (χ1v) is 14.5. The first-order valence-electron chi connectivity index (χ1n) is 14.5. The van der Waals surface area contributed by atoms with Crippen LogP contribution in [0.25, 0.3) is 0 Å². The number of aliphatic hydroxyl groups is 1. The molecule has 42 heavy (non-hydrogen) atoms. The van der Waals surface area contributed by atoms with E-state index in [0.29, 0.717) is 48.5 Å². The number of benzene rings is 2. The zero-order valence-corrected chi connectivity index (χ0v) is 24.5. The number of piperidine rings is 1. The second kappa shape index (κ2) is 15.3. The molecule has 9 nitrogen and oxygen atoms in total. The highest BCUT2D eigenvalue weighted by molar-refractivity contribution is 6.04. The molecule has 0 radical (unpaired) electrons. The van der Waals surface area contributed by atoms with Gasteiger partial charge in [0.05, 0.1) is 38.5 Å². The van der Waals surface area contributed by atoms with Crippen molar-refractivity contribution in [2.45, 2.75) is 45.3 Å². The van der Waals surface area contributed by atoms with Gasteiger partial charge in [0.15, 0.2) is 5.78 Å². The molecule has 4 rings (SSSR count). The standard InChI is InChI=1S/C33H40N2O7/c1-4-40-29(21-31(36)41-5-2)25-13-16-34-30(19-25)42-22-23-14-17-35(18-15-23)28-20-26(39-3)11-12-27(28)33(38)32(37)24-9-7-6-8-10-24/h6-13,16,19-20,23,29,32,37H,4-5,14-15,17-18,21-22H2,1-3H3. The maximum absolute atomic E-state index is 13.4. The van der Waals surface area contributed by atoms with Gasteiger partial charge >= 0.3 is 5.97 Å². The molecule has 1 aliphatic heterocycles. The van der Waals surface area contributed by atoms with Crippen LogP contribution in [-0.2, 0) is 14.3 Å². The Hall–Kier alpha value is -3.95. The first-order chi connectivity index (χ1) is 20.4. The summed E-state index contributed by atoms with van der Waals surface area (Å²) in [5.41, 5.74) is 2.60. The Bertz CT molecular complexity index is 1310. The van der Waals surface area contributed by atoms with E-state index in [-0.39, 0.29) is 18.2 Å². The van der Waals surface area contributed by atoms with Gasteiger partial charge in [0.2, 0.25) is 5.88 Å². The fraction of sp³-hybridized carbons (Fsp3) is 0.424. The largest absolute Gasteiger partial charge is 0.497 e. The van der Waals surface area contributed by atoms with E-state index in [1.165, 1.54) is 0 Å². The van der Waals surface area contributed by atoms with Crippen molar-refractivity contribution in [3.8, 4) is 11.6 Å². The van der Waals surface area contributed by atoms with Crippen molar-refractivity contribution in [2.75, 3.05) is 44.9 Å². The van der Waals surface area contributed by atoms with Gasteiger partial charge in [0.1, 0.15) is 11.9 Å². The quantitative estimate of drug-likeness (QED) is 0.201. The van der Waals surface area contributed by atoms with Gasteiger partial charge in [-0.2, -0.15) is 0 Å². The summed E-state index contributed by atoms with van der Waals surface area (Å²) in [7, 11) is 1.60. The van der Waals surface area contributed by atoms with Gasteiger partial charge in [-0.05, 0) is 61.9 Å². The van der Waals surface area contributed by atoms with Crippen LogP contribution in [0.2, 0.25) is 0 Å². The van der Waals surface area contributed by atoms with E-state index in [9.17, 15) is 14.7 Å². The molecule has 0 saturated carbocycles. The Balaban J connectivity index is 1.38. The van der Waals surface area contributed by atoms with Gasteiger partial charge in [-0.15, -0.1) is 0 Å².